The van der Waals surface area contributed by atoms with Gasteiger partial charge in [-0.2, -0.15) is 13.2 Å². The first-order chi connectivity index (χ1) is 16.9. The van der Waals surface area contributed by atoms with E-state index in [1.54, 1.807) is 12.1 Å². The number of hydrogen-bond acceptors (Lipinski definition) is 5. The van der Waals surface area contributed by atoms with E-state index in [4.69, 9.17) is 4.74 Å². The number of nitrogens with zero attached hydrogens (tertiary/aromatic N) is 1. The second-order valence-corrected chi connectivity index (χ2v) is 10.6. The van der Waals surface area contributed by atoms with Gasteiger partial charge in [-0.25, -0.2) is 18.2 Å². The van der Waals surface area contributed by atoms with Crippen molar-refractivity contribution in [2.75, 3.05) is 7.11 Å². The maximum absolute atomic E-state index is 13.9. The summed E-state index contributed by atoms with van der Waals surface area (Å²) in [5, 5.41) is -1.29. The number of pyridine rings is 1. The summed E-state index contributed by atoms with van der Waals surface area (Å²) in [7, 11) is -2.84. The number of halogens is 3. The van der Waals surface area contributed by atoms with E-state index in [9.17, 15) is 26.4 Å². The Bertz CT molecular complexity index is 1510. The van der Waals surface area contributed by atoms with E-state index >= 15 is 0 Å². The molecule has 1 atom stereocenters. The Kier molecular flexibility index (Phi) is 6.66. The molecule has 10 heteroatoms. The predicted octanol–water partition coefficient (Wildman–Crippen LogP) is 6.06. The molecule has 0 aliphatic carbocycles. The van der Waals surface area contributed by atoms with Crippen molar-refractivity contribution >= 4 is 26.8 Å². The van der Waals surface area contributed by atoms with Gasteiger partial charge < -0.3 is 9.72 Å². The van der Waals surface area contributed by atoms with Crippen LogP contribution in [-0.2, 0) is 20.8 Å². The maximum Gasteiger partial charge on any atom is 0.433 e. The van der Waals surface area contributed by atoms with Crippen molar-refractivity contribution in [3.63, 3.8) is 0 Å². The van der Waals surface area contributed by atoms with Crippen LogP contribution in [0.15, 0.2) is 71.6 Å². The molecule has 0 aliphatic rings. The lowest BCUT2D eigenvalue weighted by Crippen LogP contribution is -2.16. The number of aromatic amines is 1. The largest absolute Gasteiger partial charge is 0.465 e. The fraction of sp³-hybridized carbons (Fsp3) is 0.231. The highest BCUT2D eigenvalue weighted by Gasteiger charge is 2.35. The van der Waals surface area contributed by atoms with Crippen LogP contribution in [0.4, 0.5) is 13.2 Å². The van der Waals surface area contributed by atoms with E-state index in [-0.39, 0.29) is 33.1 Å². The fourth-order valence-corrected chi connectivity index (χ4v) is 5.71. The van der Waals surface area contributed by atoms with Crippen LogP contribution in [0, 0.1) is 0 Å². The molecule has 0 fully saturated rings. The SMILES string of the molecule is COC(=O)c1ccc(C(c2cc3nc(C(F)(F)F)ccc3[nH]2)S(=O)(=O)c2ccc(C(C)C)cc2)cc1. The van der Waals surface area contributed by atoms with Gasteiger partial charge in [0.25, 0.3) is 0 Å². The third-order valence-electron chi connectivity index (χ3n) is 5.89. The molecule has 1 N–H and O–H groups in total. The molecule has 0 amide bonds. The van der Waals surface area contributed by atoms with E-state index in [2.05, 4.69) is 9.97 Å². The number of fused-ring (bicyclic) bond motifs is 1. The zero-order valence-corrected chi connectivity index (χ0v) is 20.4. The van der Waals surface area contributed by atoms with Crippen molar-refractivity contribution in [2.45, 2.75) is 36.1 Å². The zero-order chi connectivity index (χ0) is 26.3. The summed E-state index contributed by atoms with van der Waals surface area (Å²) in [6.07, 6.45) is -4.64. The molecule has 2 heterocycles. The molecule has 0 aliphatic heterocycles. The maximum atomic E-state index is 13.9. The van der Waals surface area contributed by atoms with Crippen LogP contribution in [0.2, 0.25) is 0 Å². The van der Waals surface area contributed by atoms with Crippen LogP contribution in [0.1, 0.15) is 57.9 Å². The van der Waals surface area contributed by atoms with E-state index < -0.39 is 32.9 Å². The van der Waals surface area contributed by atoms with E-state index in [1.807, 2.05) is 13.8 Å². The minimum atomic E-state index is -4.64. The topological polar surface area (TPSA) is 89.1 Å². The summed E-state index contributed by atoms with van der Waals surface area (Å²) in [5.74, 6) is -0.384. The Balaban J connectivity index is 1.87. The molecule has 1 unspecified atom stereocenters. The van der Waals surface area contributed by atoms with Gasteiger partial charge in [0, 0.05) is 5.69 Å². The zero-order valence-electron chi connectivity index (χ0n) is 19.6. The molecule has 4 aromatic rings. The molecule has 2 aromatic carbocycles. The van der Waals surface area contributed by atoms with Gasteiger partial charge in [-0.3, -0.25) is 0 Å². The van der Waals surface area contributed by atoms with Crippen LogP contribution in [0.5, 0.6) is 0 Å². The van der Waals surface area contributed by atoms with Crippen LogP contribution >= 0.6 is 0 Å². The van der Waals surface area contributed by atoms with Gasteiger partial charge in [-0.05, 0) is 59.5 Å². The number of hydrogen-bond donors (Lipinski definition) is 1. The highest BCUT2D eigenvalue weighted by molar-refractivity contribution is 7.91. The first kappa shape index (κ1) is 25.4. The number of benzene rings is 2. The number of sulfone groups is 1. The average molecular weight is 517 g/mol. The molecule has 6 nitrogen and oxygen atoms in total. The van der Waals surface area contributed by atoms with Gasteiger partial charge in [0.2, 0.25) is 0 Å². The summed E-state index contributed by atoms with van der Waals surface area (Å²) < 4.78 is 72.0. The van der Waals surface area contributed by atoms with Gasteiger partial charge in [-0.1, -0.05) is 38.1 Å². The lowest BCUT2D eigenvalue weighted by atomic mass is 10.0. The van der Waals surface area contributed by atoms with Crippen molar-refractivity contribution in [1.82, 2.24) is 9.97 Å². The van der Waals surface area contributed by atoms with Gasteiger partial charge in [0.15, 0.2) is 9.84 Å². The quantitative estimate of drug-likeness (QED) is 0.315. The molecular weight excluding hydrogens is 493 g/mol. The molecule has 0 radical (unpaired) electrons. The van der Waals surface area contributed by atoms with Crippen LogP contribution in [0.25, 0.3) is 11.0 Å². The Morgan fingerprint density at radius 2 is 1.56 bits per heavy atom. The lowest BCUT2D eigenvalue weighted by Gasteiger charge is -2.18. The summed E-state index contributed by atoms with van der Waals surface area (Å²) in [6, 6.07) is 15.7. The number of alkyl halides is 3. The molecule has 0 bridgehead atoms. The van der Waals surface area contributed by atoms with E-state index in [0.29, 0.717) is 5.56 Å². The Labute approximate surface area is 206 Å². The Morgan fingerprint density at radius 1 is 0.944 bits per heavy atom. The fourth-order valence-electron chi connectivity index (χ4n) is 3.94. The summed E-state index contributed by atoms with van der Waals surface area (Å²) in [5.41, 5.74) is 0.829. The number of nitrogens with one attached hydrogen (secondary N) is 1. The highest BCUT2D eigenvalue weighted by Crippen LogP contribution is 2.37. The highest BCUT2D eigenvalue weighted by atomic mass is 32.2. The second-order valence-electron chi connectivity index (χ2n) is 8.61. The third kappa shape index (κ3) is 4.86. The lowest BCUT2D eigenvalue weighted by molar-refractivity contribution is -0.140. The van der Waals surface area contributed by atoms with Gasteiger partial charge in [0.1, 0.15) is 10.9 Å². The van der Waals surface area contributed by atoms with Crippen molar-refractivity contribution in [1.29, 1.82) is 0 Å². The van der Waals surface area contributed by atoms with Crippen molar-refractivity contribution in [3.05, 3.63) is 94.8 Å². The standard InChI is InChI=1S/C26H23F3N2O4S/c1-15(2)16-8-10-19(11-9-16)36(33,34)24(17-4-6-18(7-5-17)25(32)35-3)22-14-21-20(30-22)12-13-23(31-21)26(27,28)29/h4-15,24,30H,1-3H3. The smallest absolute Gasteiger partial charge is 0.433 e. The molecule has 0 saturated heterocycles. The molecule has 4 rings (SSSR count). The van der Waals surface area contributed by atoms with Gasteiger partial charge in [-0.15, -0.1) is 0 Å². The normalized spacial score (nSPS) is 13.2. The number of aromatic nitrogens is 2. The van der Waals surface area contributed by atoms with E-state index in [1.165, 1.54) is 55.6 Å². The van der Waals surface area contributed by atoms with Crippen LogP contribution in [0.3, 0.4) is 0 Å². The van der Waals surface area contributed by atoms with Crippen LogP contribution < -0.4 is 0 Å². The molecule has 2 aromatic heterocycles. The molecule has 188 valence electrons. The number of rotatable bonds is 6. The first-order valence-corrected chi connectivity index (χ1v) is 12.6. The number of carbonyl (C=O) groups excluding carboxylic acids is 1. The number of methoxy groups -OCH3 is 1. The van der Waals surface area contributed by atoms with Crippen molar-refractivity contribution in [3.8, 4) is 0 Å². The van der Waals surface area contributed by atoms with Crippen molar-refractivity contribution < 1.29 is 31.1 Å². The first-order valence-electron chi connectivity index (χ1n) is 11.0. The summed E-state index contributed by atoms with van der Waals surface area (Å²) in [4.78, 5) is 18.5. The minimum Gasteiger partial charge on any atom is -0.465 e. The molecule has 0 saturated carbocycles. The molecule has 36 heavy (non-hydrogen) atoms. The predicted molar refractivity (Wildman–Crippen MR) is 128 cm³/mol. The Hall–Kier alpha value is -3.66. The number of carbonyl (C=O) groups is 1. The summed E-state index contributed by atoms with van der Waals surface area (Å²) in [6.45, 7) is 3.98. The third-order valence-corrected chi connectivity index (χ3v) is 7.96. The monoisotopic (exact) mass is 516 g/mol. The number of ether oxygens (including phenoxy) is 1. The molecular formula is C26H23F3N2O4S. The van der Waals surface area contributed by atoms with E-state index in [0.717, 1.165) is 11.6 Å². The van der Waals surface area contributed by atoms with Crippen LogP contribution in [-0.4, -0.2) is 31.5 Å². The average Bonchev–Trinajstić information content (AvgIpc) is 3.26. The molecule has 0 spiro atoms. The van der Waals surface area contributed by atoms with Gasteiger partial charge in [0.05, 0.1) is 28.6 Å². The number of H-pyrrole nitrogens is 1. The Morgan fingerprint density at radius 3 is 2.11 bits per heavy atom. The summed E-state index contributed by atoms with van der Waals surface area (Å²) >= 11 is 0. The van der Waals surface area contributed by atoms with Gasteiger partial charge >= 0.3 is 12.1 Å². The minimum absolute atomic E-state index is 0.0126. The second kappa shape index (κ2) is 9.42. The number of esters is 1. The van der Waals surface area contributed by atoms with Crippen molar-refractivity contribution in [2.24, 2.45) is 0 Å².